The molecule has 0 saturated heterocycles. The van der Waals surface area contributed by atoms with E-state index in [4.69, 9.17) is 0 Å². The van der Waals surface area contributed by atoms with E-state index in [1.807, 2.05) is 0 Å². The van der Waals surface area contributed by atoms with E-state index in [9.17, 15) is 17.6 Å². The van der Waals surface area contributed by atoms with Crippen LogP contribution in [0.1, 0.15) is 25.0 Å². The van der Waals surface area contributed by atoms with Crippen LogP contribution in [0.25, 0.3) is 0 Å². The number of sulfone groups is 1. The van der Waals surface area contributed by atoms with E-state index in [0.717, 1.165) is 11.0 Å². The summed E-state index contributed by atoms with van der Waals surface area (Å²) in [4.78, 5) is 16.3. The van der Waals surface area contributed by atoms with Crippen molar-refractivity contribution >= 4 is 22.5 Å². The Morgan fingerprint density at radius 1 is 1.14 bits per heavy atom. The molecule has 0 aliphatic heterocycles. The largest absolute Gasteiger partial charge is 0.351 e. The molecule has 0 spiro atoms. The lowest BCUT2D eigenvalue weighted by Crippen LogP contribution is -2.39. The van der Waals surface area contributed by atoms with Crippen molar-refractivity contribution in [1.29, 1.82) is 0 Å². The average molecular weight is 402 g/mol. The highest BCUT2D eigenvalue weighted by Crippen LogP contribution is 2.25. The van der Waals surface area contributed by atoms with Gasteiger partial charge in [0, 0.05) is 12.0 Å². The molecule has 0 aromatic heterocycles. The van der Waals surface area contributed by atoms with Gasteiger partial charge in [-0.25, -0.2) is 12.8 Å². The summed E-state index contributed by atoms with van der Waals surface area (Å²) in [6.07, 6.45) is 1.42. The van der Waals surface area contributed by atoms with E-state index in [0.29, 0.717) is 5.56 Å². The number of nitrogens with one attached hydrogen (secondary N) is 1. The van der Waals surface area contributed by atoms with Gasteiger partial charge in [0.1, 0.15) is 5.82 Å². The lowest BCUT2D eigenvalue weighted by Gasteiger charge is -2.24. The predicted octanol–water partition coefficient (Wildman–Crippen LogP) is 3.41. The van der Waals surface area contributed by atoms with Crippen molar-refractivity contribution in [2.45, 2.75) is 30.7 Å². The fourth-order valence-corrected chi connectivity index (χ4v) is 3.53. The standard InChI is InChI=1S/C21H23FN2O3S/c1-21(2,20(25)24-15-16-5-9-18(22)10-6-16)17-7-11-19(12-8-17)28(26,27)14-4-13-23-3/h4-12,14H,3,13,15H2,1-2H3,(H,24,25). The van der Waals surface area contributed by atoms with E-state index in [1.54, 1.807) is 38.1 Å². The molecule has 5 nitrogen and oxygen atoms in total. The number of amides is 1. The second-order valence-electron chi connectivity index (χ2n) is 6.78. The van der Waals surface area contributed by atoms with Gasteiger partial charge in [0.25, 0.3) is 0 Å². The molecule has 2 aromatic carbocycles. The summed E-state index contributed by atoms with van der Waals surface area (Å²) < 4.78 is 37.4. The molecule has 148 valence electrons. The summed E-state index contributed by atoms with van der Waals surface area (Å²) in [6, 6.07) is 12.1. The maximum atomic E-state index is 13.0. The Hall–Kier alpha value is -2.80. The van der Waals surface area contributed by atoms with Gasteiger partial charge < -0.3 is 5.32 Å². The van der Waals surface area contributed by atoms with Crippen LogP contribution >= 0.6 is 0 Å². The highest BCUT2D eigenvalue weighted by molar-refractivity contribution is 7.94. The summed E-state index contributed by atoms with van der Waals surface area (Å²) >= 11 is 0. The fourth-order valence-electron chi connectivity index (χ4n) is 2.52. The first-order valence-corrected chi connectivity index (χ1v) is 10.2. The second kappa shape index (κ2) is 8.93. The van der Waals surface area contributed by atoms with Crippen LogP contribution in [-0.2, 0) is 26.6 Å². The lowest BCUT2D eigenvalue weighted by molar-refractivity contribution is -0.125. The lowest BCUT2D eigenvalue weighted by atomic mass is 9.83. The van der Waals surface area contributed by atoms with Gasteiger partial charge in [-0.15, -0.1) is 0 Å². The van der Waals surface area contributed by atoms with Crippen LogP contribution < -0.4 is 5.32 Å². The van der Waals surface area contributed by atoms with E-state index < -0.39 is 15.3 Å². The molecule has 1 N–H and O–H groups in total. The van der Waals surface area contributed by atoms with Gasteiger partial charge >= 0.3 is 0 Å². The molecule has 0 saturated carbocycles. The molecule has 7 heteroatoms. The predicted molar refractivity (Wildman–Crippen MR) is 108 cm³/mol. The molecule has 0 heterocycles. The topological polar surface area (TPSA) is 75.6 Å². The first kappa shape index (κ1) is 21.5. The summed E-state index contributed by atoms with van der Waals surface area (Å²) in [5, 5.41) is 3.92. The third-order valence-electron chi connectivity index (χ3n) is 4.35. The van der Waals surface area contributed by atoms with Gasteiger partial charge in [-0.3, -0.25) is 9.79 Å². The summed E-state index contributed by atoms with van der Waals surface area (Å²) in [7, 11) is -3.56. The van der Waals surface area contributed by atoms with Crippen LogP contribution in [0.3, 0.4) is 0 Å². The molecule has 0 radical (unpaired) electrons. The van der Waals surface area contributed by atoms with Gasteiger partial charge in [0.05, 0.1) is 16.9 Å². The number of benzene rings is 2. The maximum Gasteiger partial charge on any atom is 0.230 e. The number of halogens is 1. The zero-order valence-corrected chi connectivity index (χ0v) is 16.7. The molecule has 0 unspecified atom stereocenters. The van der Waals surface area contributed by atoms with E-state index in [1.165, 1.54) is 30.3 Å². The SMILES string of the molecule is C=NCC=CS(=O)(=O)c1ccc(C(C)(C)C(=O)NCc2ccc(F)cc2)cc1. The van der Waals surface area contributed by atoms with E-state index >= 15 is 0 Å². The number of carbonyl (C=O) groups is 1. The number of hydrogen-bond acceptors (Lipinski definition) is 4. The van der Waals surface area contributed by atoms with Crippen molar-refractivity contribution in [2.75, 3.05) is 6.54 Å². The first-order valence-electron chi connectivity index (χ1n) is 8.64. The van der Waals surface area contributed by atoms with Gasteiger partial charge in [-0.05, 0) is 56.0 Å². The molecule has 2 rings (SSSR count). The van der Waals surface area contributed by atoms with Crippen molar-refractivity contribution in [2.24, 2.45) is 4.99 Å². The number of carbonyl (C=O) groups excluding carboxylic acids is 1. The monoisotopic (exact) mass is 402 g/mol. The van der Waals surface area contributed by atoms with Crippen LogP contribution in [0, 0.1) is 5.82 Å². The average Bonchev–Trinajstić information content (AvgIpc) is 2.67. The molecule has 2 aromatic rings. The number of rotatable bonds is 8. The highest BCUT2D eigenvalue weighted by Gasteiger charge is 2.29. The normalized spacial score (nSPS) is 12.1. The fraction of sp³-hybridized carbons (Fsp3) is 0.238. The van der Waals surface area contributed by atoms with Crippen LogP contribution in [0.2, 0.25) is 0 Å². The third-order valence-corrected chi connectivity index (χ3v) is 5.83. The van der Waals surface area contributed by atoms with Crippen LogP contribution in [-0.4, -0.2) is 27.6 Å². The Balaban J connectivity index is 2.10. The van der Waals surface area contributed by atoms with Crippen LogP contribution in [0.4, 0.5) is 4.39 Å². The van der Waals surface area contributed by atoms with Crippen molar-refractivity contribution in [3.05, 3.63) is 77.0 Å². The molecule has 0 bridgehead atoms. The molecule has 0 fully saturated rings. The second-order valence-corrected chi connectivity index (χ2v) is 8.62. The smallest absolute Gasteiger partial charge is 0.230 e. The summed E-state index contributed by atoms with van der Waals surface area (Å²) in [5.74, 6) is -0.551. The Morgan fingerprint density at radius 2 is 1.75 bits per heavy atom. The first-order chi connectivity index (χ1) is 13.2. The van der Waals surface area contributed by atoms with Gasteiger partial charge in [-0.1, -0.05) is 30.3 Å². The molecular weight excluding hydrogens is 379 g/mol. The zero-order chi connectivity index (χ0) is 20.8. The molecule has 0 aliphatic rings. The quantitative estimate of drug-likeness (QED) is 0.688. The number of hydrogen-bond donors (Lipinski definition) is 1. The van der Waals surface area contributed by atoms with Crippen molar-refractivity contribution in [3.63, 3.8) is 0 Å². The van der Waals surface area contributed by atoms with Crippen molar-refractivity contribution in [3.8, 4) is 0 Å². The maximum absolute atomic E-state index is 13.0. The molecule has 28 heavy (non-hydrogen) atoms. The minimum Gasteiger partial charge on any atom is -0.351 e. The van der Waals surface area contributed by atoms with Crippen LogP contribution in [0.15, 0.2) is 69.9 Å². The number of aliphatic imine (C=N–C) groups is 1. The zero-order valence-electron chi connectivity index (χ0n) is 15.9. The molecule has 0 atom stereocenters. The van der Waals surface area contributed by atoms with Gasteiger partial charge in [0.2, 0.25) is 5.91 Å². The third kappa shape index (κ3) is 5.36. The number of nitrogens with zero attached hydrogens (tertiary/aromatic N) is 1. The Kier molecular flexibility index (Phi) is 6.85. The van der Waals surface area contributed by atoms with Gasteiger partial charge in [0.15, 0.2) is 9.84 Å². The Labute approximate surface area is 164 Å². The molecular formula is C21H23FN2O3S. The highest BCUT2D eigenvalue weighted by atomic mass is 32.2. The molecule has 1 amide bonds. The Morgan fingerprint density at radius 3 is 2.32 bits per heavy atom. The van der Waals surface area contributed by atoms with Crippen LogP contribution in [0.5, 0.6) is 0 Å². The van der Waals surface area contributed by atoms with Gasteiger partial charge in [-0.2, -0.15) is 0 Å². The molecule has 0 aliphatic carbocycles. The summed E-state index contributed by atoms with van der Waals surface area (Å²) in [6.45, 7) is 7.30. The Bertz CT molecular complexity index is 964. The van der Waals surface area contributed by atoms with E-state index in [-0.39, 0.29) is 29.7 Å². The summed E-state index contributed by atoms with van der Waals surface area (Å²) in [5.41, 5.74) is 0.595. The van der Waals surface area contributed by atoms with Crippen molar-refractivity contribution < 1.29 is 17.6 Å². The van der Waals surface area contributed by atoms with E-state index in [2.05, 4.69) is 17.0 Å². The minimum atomic E-state index is -3.56. The van der Waals surface area contributed by atoms with Crippen molar-refractivity contribution in [1.82, 2.24) is 5.32 Å². The minimum absolute atomic E-state index is 0.138.